The van der Waals surface area contributed by atoms with Crippen molar-refractivity contribution in [2.75, 3.05) is 24.4 Å². The lowest BCUT2D eigenvalue weighted by atomic mass is 10.2. The van der Waals surface area contributed by atoms with Crippen molar-refractivity contribution in [2.45, 2.75) is 25.4 Å². The molecule has 10 heteroatoms. The van der Waals surface area contributed by atoms with E-state index in [4.69, 9.17) is 10.2 Å². The Hall–Kier alpha value is -0.840. The van der Waals surface area contributed by atoms with Crippen LogP contribution in [0.1, 0.15) is 13.3 Å². The predicted octanol–water partition coefficient (Wildman–Crippen LogP) is -1.39. The molecule has 8 nitrogen and oxygen atoms in total. The molecule has 1 amide bonds. The van der Waals surface area contributed by atoms with Crippen LogP contribution in [0.5, 0.6) is 0 Å². The molecule has 4 N–H and O–H groups in total. The fraction of sp³-hybridized carbons (Fsp3) is 0.800. The summed E-state index contributed by atoms with van der Waals surface area (Å²) >= 11 is 1.43. The Balaban J connectivity index is 4.84. The van der Waals surface area contributed by atoms with Crippen molar-refractivity contribution in [3.05, 3.63) is 0 Å². The second-order valence-electron chi connectivity index (χ2n) is 3.94. The monoisotopic (exact) mass is 328 g/mol. The zero-order valence-electron chi connectivity index (χ0n) is 11.3. The second-order valence-corrected chi connectivity index (χ2v) is 6.97. The molecule has 0 aliphatic carbocycles. The first-order chi connectivity index (χ1) is 9.27. The third-order valence-corrected chi connectivity index (χ3v) is 4.47. The van der Waals surface area contributed by atoms with Gasteiger partial charge in [-0.25, -0.2) is 17.9 Å². The van der Waals surface area contributed by atoms with Gasteiger partial charge in [0.1, 0.15) is 12.1 Å². The molecule has 0 saturated carbocycles. The predicted molar refractivity (Wildman–Crippen MR) is 76.0 cm³/mol. The van der Waals surface area contributed by atoms with Gasteiger partial charge in [0.15, 0.2) is 0 Å². The molecule has 0 aromatic rings. The SMILES string of the molecule is CCS(=O)(=O)NC(CCSC)C(=O)N[C@H](CO)C(=O)O. The number of aliphatic hydroxyl groups excluding tert-OH is 1. The van der Waals surface area contributed by atoms with Gasteiger partial charge in [0.05, 0.1) is 12.4 Å². The second kappa shape index (κ2) is 9.16. The van der Waals surface area contributed by atoms with Gasteiger partial charge in [-0.3, -0.25) is 4.79 Å². The molecule has 0 aliphatic heterocycles. The van der Waals surface area contributed by atoms with Gasteiger partial charge in [-0.05, 0) is 25.4 Å². The summed E-state index contributed by atoms with van der Waals surface area (Å²) in [5.41, 5.74) is 0. The Labute approximate surface area is 122 Å². The Bertz CT molecular complexity index is 425. The topological polar surface area (TPSA) is 133 Å². The third kappa shape index (κ3) is 7.08. The van der Waals surface area contributed by atoms with Crippen LogP contribution in [-0.4, -0.2) is 67.0 Å². The number of carboxylic acid groups (broad SMARTS) is 1. The smallest absolute Gasteiger partial charge is 0.328 e. The summed E-state index contributed by atoms with van der Waals surface area (Å²) in [6, 6.07) is -2.51. The van der Waals surface area contributed by atoms with E-state index >= 15 is 0 Å². The summed E-state index contributed by atoms with van der Waals surface area (Å²) in [6.07, 6.45) is 2.03. The van der Waals surface area contributed by atoms with Gasteiger partial charge in [-0.2, -0.15) is 11.8 Å². The highest BCUT2D eigenvalue weighted by atomic mass is 32.2. The molecule has 0 saturated heterocycles. The maximum atomic E-state index is 11.9. The van der Waals surface area contributed by atoms with Crippen molar-refractivity contribution in [1.29, 1.82) is 0 Å². The van der Waals surface area contributed by atoms with Crippen LogP contribution >= 0.6 is 11.8 Å². The minimum absolute atomic E-state index is 0.182. The molecule has 0 heterocycles. The van der Waals surface area contributed by atoms with Crippen LogP contribution < -0.4 is 10.0 Å². The summed E-state index contributed by atoms with van der Waals surface area (Å²) in [6.45, 7) is 0.663. The molecule has 118 valence electrons. The highest BCUT2D eigenvalue weighted by Gasteiger charge is 2.27. The number of nitrogens with one attached hydrogen (secondary N) is 2. The number of sulfonamides is 1. The quantitative estimate of drug-likeness (QED) is 0.388. The lowest BCUT2D eigenvalue weighted by Crippen LogP contribution is -2.53. The Morgan fingerprint density at radius 2 is 1.90 bits per heavy atom. The van der Waals surface area contributed by atoms with Crippen LogP contribution in [0.4, 0.5) is 0 Å². The molecule has 0 spiro atoms. The third-order valence-electron chi connectivity index (χ3n) is 2.43. The van der Waals surface area contributed by atoms with E-state index in [0.29, 0.717) is 5.75 Å². The van der Waals surface area contributed by atoms with E-state index in [9.17, 15) is 18.0 Å². The standard InChI is InChI=1S/C10H20N2O6S2/c1-3-20(17,18)12-7(4-5-19-2)9(14)11-8(6-13)10(15)16/h7-8,12-13H,3-6H2,1-2H3,(H,11,14)(H,15,16)/t7?,8-/m1/s1. The van der Waals surface area contributed by atoms with E-state index in [-0.39, 0.29) is 12.2 Å². The first-order valence-electron chi connectivity index (χ1n) is 5.90. The van der Waals surface area contributed by atoms with Crippen LogP contribution in [0.2, 0.25) is 0 Å². The van der Waals surface area contributed by atoms with Crippen LogP contribution in [0.25, 0.3) is 0 Å². The molecule has 0 radical (unpaired) electrons. The highest BCUT2D eigenvalue weighted by Crippen LogP contribution is 2.03. The van der Waals surface area contributed by atoms with Gasteiger partial charge in [0.2, 0.25) is 15.9 Å². The van der Waals surface area contributed by atoms with Gasteiger partial charge in [-0.1, -0.05) is 0 Å². The summed E-state index contributed by atoms with van der Waals surface area (Å²) in [5, 5.41) is 19.7. The molecule has 20 heavy (non-hydrogen) atoms. The maximum Gasteiger partial charge on any atom is 0.328 e. The van der Waals surface area contributed by atoms with Crippen molar-refractivity contribution in [3.8, 4) is 0 Å². The van der Waals surface area contributed by atoms with Crippen molar-refractivity contribution in [3.63, 3.8) is 0 Å². The van der Waals surface area contributed by atoms with E-state index < -0.39 is 40.6 Å². The normalized spacial score (nSPS) is 14.6. The van der Waals surface area contributed by atoms with Crippen molar-refractivity contribution < 1.29 is 28.2 Å². The molecular formula is C10H20N2O6S2. The van der Waals surface area contributed by atoms with Crippen molar-refractivity contribution in [1.82, 2.24) is 10.0 Å². The Morgan fingerprint density at radius 1 is 1.30 bits per heavy atom. The highest BCUT2D eigenvalue weighted by molar-refractivity contribution is 7.98. The number of amides is 1. The van der Waals surface area contributed by atoms with Crippen LogP contribution in [0, 0.1) is 0 Å². The molecule has 0 rings (SSSR count). The number of rotatable bonds is 10. The number of hydrogen-bond donors (Lipinski definition) is 4. The van der Waals surface area contributed by atoms with E-state index in [1.807, 2.05) is 0 Å². The van der Waals surface area contributed by atoms with Gasteiger partial charge < -0.3 is 15.5 Å². The van der Waals surface area contributed by atoms with Gasteiger partial charge in [0, 0.05) is 0 Å². The van der Waals surface area contributed by atoms with Crippen molar-refractivity contribution >= 4 is 33.7 Å². The first-order valence-corrected chi connectivity index (χ1v) is 8.95. The minimum Gasteiger partial charge on any atom is -0.480 e. The summed E-state index contributed by atoms with van der Waals surface area (Å²) in [7, 11) is -3.59. The van der Waals surface area contributed by atoms with Gasteiger partial charge in [-0.15, -0.1) is 0 Å². The summed E-state index contributed by atoms with van der Waals surface area (Å²) in [5.74, 6) is -1.81. The molecule has 2 atom stereocenters. The van der Waals surface area contributed by atoms with Crippen molar-refractivity contribution in [2.24, 2.45) is 0 Å². The van der Waals surface area contributed by atoms with E-state index in [2.05, 4.69) is 10.0 Å². The fourth-order valence-electron chi connectivity index (χ4n) is 1.24. The number of aliphatic carboxylic acids is 1. The Morgan fingerprint density at radius 3 is 2.30 bits per heavy atom. The lowest BCUT2D eigenvalue weighted by molar-refractivity contribution is -0.143. The lowest BCUT2D eigenvalue weighted by Gasteiger charge is -2.20. The molecule has 1 unspecified atom stereocenters. The number of carboxylic acids is 1. The maximum absolute atomic E-state index is 11.9. The molecule has 0 aromatic heterocycles. The molecule has 0 aliphatic rings. The Kier molecular flexibility index (Phi) is 8.78. The van der Waals surface area contributed by atoms with E-state index in [1.165, 1.54) is 18.7 Å². The number of carbonyl (C=O) groups is 2. The van der Waals surface area contributed by atoms with Crippen LogP contribution in [-0.2, 0) is 19.6 Å². The first kappa shape index (κ1) is 19.2. The number of carbonyl (C=O) groups excluding carboxylic acids is 1. The molecule has 0 aromatic carbocycles. The van der Waals surface area contributed by atoms with Crippen LogP contribution in [0.3, 0.4) is 0 Å². The minimum atomic E-state index is -3.59. The summed E-state index contributed by atoms with van der Waals surface area (Å²) < 4.78 is 25.2. The van der Waals surface area contributed by atoms with E-state index in [1.54, 1.807) is 6.26 Å². The zero-order chi connectivity index (χ0) is 15.8. The average Bonchev–Trinajstić information content (AvgIpc) is 2.39. The van der Waals surface area contributed by atoms with Crippen LogP contribution in [0.15, 0.2) is 0 Å². The van der Waals surface area contributed by atoms with Gasteiger partial charge in [0.25, 0.3) is 0 Å². The number of aliphatic hydroxyl groups is 1. The molecular weight excluding hydrogens is 308 g/mol. The largest absolute Gasteiger partial charge is 0.480 e. The van der Waals surface area contributed by atoms with E-state index in [0.717, 1.165) is 0 Å². The molecule has 0 bridgehead atoms. The number of hydrogen-bond acceptors (Lipinski definition) is 6. The molecule has 0 fully saturated rings. The average molecular weight is 328 g/mol. The number of thioether (sulfide) groups is 1. The van der Waals surface area contributed by atoms with Gasteiger partial charge >= 0.3 is 5.97 Å². The summed E-state index contributed by atoms with van der Waals surface area (Å²) in [4.78, 5) is 22.6. The fourth-order valence-corrected chi connectivity index (χ4v) is 2.53. The zero-order valence-corrected chi connectivity index (χ0v) is 13.0.